The fraction of sp³-hybridized carbons (Fsp3) is 0.821. The average Bonchev–Trinajstić information content (AvgIpc) is 3.12. The summed E-state index contributed by atoms with van der Waals surface area (Å²) in [6.45, 7) is 16.1. The Kier molecular flexibility index (Phi) is 10.1. The van der Waals surface area contributed by atoms with Gasteiger partial charge in [0.2, 0.25) is 11.8 Å². The SMILES string of the molecule is CCCCN1C(=O)[C@H](CC(C)C)NC(=O)C12CCN(Cc1c(C)nn(C3CCN(C)CC3)c1C)CC2.Cl. The van der Waals surface area contributed by atoms with Crippen LogP contribution in [0.5, 0.6) is 0 Å². The molecule has 1 aromatic heterocycles. The van der Waals surface area contributed by atoms with E-state index in [4.69, 9.17) is 5.10 Å². The van der Waals surface area contributed by atoms with E-state index in [0.29, 0.717) is 37.8 Å². The van der Waals surface area contributed by atoms with E-state index in [9.17, 15) is 9.59 Å². The van der Waals surface area contributed by atoms with Crippen molar-refractivity contribution in [2.45, 2.75) is 104 Å². The van der Waals surface area contributed by atoms with Gasteiger partial charge in [-0.2, -0.15) is 5.10 Å². The Morgan fingerprint density at radius 3 is 2.32 bits per heavy atom. The topological polar surface area (TPSA) is 73.7 Å². The van der Waals surface area contributed by atoms with Gasteiger partial charge in [-0.15, -0.1) is 12.4 Å². The maximum Gasteiger partial charge on any atom is 0.246 e. The van der Waals surface area contributed by atoms with Crippen molar-refractivity contribution in [3.63, 3.8) is 0 Å². The van der Waals surface area contributed by atoms with Crippen LogP contribution in [0.4, 0.5) is 0 Å². The molecule has 1 aromatic rings. The number of likely N-dealkylation sites (tertiary alicyclic amines) is 2. The van der Waals surface area contributed by atoms with E-state index >= 15 is 0 Å². The van der Waals surface area contributed by atoms with E-state index in [0.717, 1.165) is 64.1 Å². The predicted molar refractivity (Wildman–Crippen MR) is 150 cm³/mol. The maximum atomic E-state index is 13.5. The zero-order chi connectivity index (χ0) is 26.0. The molecule has 0 unspecified atom stereocenters. The van der Waals surface area contributed by atoms with Crippen molar-refractivity contribution in [2.24, 2.45) is 5.92 Å². The van der Waals surface area contributed by atoms with Crippen LogP contribution in [0.3, 0.4) is 0 Å². The molecule has 1 N–H and O–H groups in total. The van der Waals surface area contributed by atoms with Gasteiger partial charge in [0.15, 0.2) is 0 Å². The molecule has 0 aliphatic carbocycles. The van der Waals surface area contributed by atoms with Crippen molar-refractivity contribution in [1.29, 1.82) is 0 Å². The number of aromatic nitrogens is 2. The molecule has 0 saturated carbocycles. The van der Waals surface area contributed by atoms with Gasteiger partial charge in [0.25, 0.3) is 0 Å². The summed E-state index contributed by atoms with van der Waals surface area (Å²) >= 11 is 0. The zero-order valence-corrected chi connectivity index (χ0v) is 24.7. The summed E-state index contributed by atoms with van der Waals surface area (Å²) in [4.78, 5) is 33.8. The summed E-state index contributed by atoms with van der Waals surface area (Å²) < 4.78 is 2.28. The van der Waals surface area contributed by atoms with Crippen LogP contribution >= 0.6 is 12.4 Å². The number of unbranched alkanes of at least 4 members (excludes halogenated alkanes) is 1. The number of hydrogen-bond donors (Lipinski definition) is 1. The first kappa shape index (κ1) is 29.9. The highest BCUT2D eigenvalue weighted by Gasteiger charge is 2.53. The Labute approximate surface area is 229 Å². The van der Waals surface area contributed by atoms with Crippen LogP contribution in [0.2, 0.25) is 0 Å². The van der Waals surface area contributed by atoms with Gasteiger partial charge in [-0.05, 0) is 78.4 Å². The average molecular weight is 537 g/mol. The molecule has 3 aliphatic rings. The molecule has 3 saturated heterocycles. The first-order valence-electron chi connectivity index (χ1n) is 14.2. The highest BCUT2D eigenvalue weighted by Crippen LogP contribution is 2.35. The van der Waals surface area contributed by atoms with Crippen LogP contribution < -0.4 is 5.32 Å². The standard InChI is InChI=1S/C28H48N6O2.ClH/c1-7-8-13-33-26(35)25(18-20(2)3)29-27(36)28(33)11-16-32(17-12-28)19-24-21(4)30-34(22(24)5)23-9-14-31(6)15-10-23;/h20,23,25H,7-19H2,1-6H3,(H,29,36);1H/t25-;/m0./s1. The number of carbonyl (C=O) groups excluding carboxylic acids is 2. The van der Waals surface area contributed by atoms with E-state index in [1.807, 2.05) is 4.90 Å². The number of nitrogens with one attached hydrogen (secondary N) is 1. The number of carbonyl (C=O) groups is 2. The molecular formula is C28H49ClN6O2. The fourth-order valence-electron chi connectivity index (χ4n) is 6.47. The third-order valence-electron chi connectivity index (χ3n) is 8.82. The van der Waals surface area contributed by atoms with E-state index in [1.54, 1.807) is 0 Å². The summed E-state index contributed by atoms with van der Waals surface area (Å²) in [6, 6.07) is 0.106. The summed E-state index contributed by atoms with van der Waals surface area (Å²) in [7, 11) is 2.19. The minimum Gasteiger partial charge on any atom is -0.342 e. The van der Waals surface area contributed by atoms with Crippen molar-refractivity contribution in [3.05, 3.63) is 17.0 Å². The van der Waals surface area contributed by atoms with Gasteiger partial charge in [0, 0.05) is 37.4 Å². The van der Waals surface area contributed by atoms with Crippen LogP contribution in [0.15, 0.2) is 0 Å². The third kappa shape index (κ3) is 6.17. The van der Waals surface area contributed by atoms with Gasteiger partial charge in [-0.25, -0.2) is 0 Å². The Hall–Kier alpha value is -1.64. The lowest BCUT2D eigenvalue weighted by Crippen LogP contribution is -2.73. The second-order valence-corrected chi connectivity index (χ2v) is 11.9. The summed E-state index contributed by atoms with van der Waals surface area (Å²) in [5, 5.41) is 8.09. The van der Waals surface area contributed by atoms with Gasteiger partial charge in [-0.3, -0.25) is 19.2 Å². The third-order valence-corrected chi connectivity index (χ3v) is 8.82. The molecule has 8 nitrogen and oxygen atoms in total. The molecule has 0 radical (unpaired) electrons. The minimum absolute atomic E-state index is 0. The van der Waals surface area contributed by atoms with Crippen LogP contribution in [0.25, 0.3) is 0 Å². The summed E-state index contributed by atoms with van der Waals surface area (Å²) in [5.41, 5.74) is 3.04. The highest BCUT2D eigenvalue weighted by molar-refractivity contribution is 6.00. The number of nitrogens with zero attached hydrogens (tertiary/aromatic N) is 5. The van der Waals surface area contributed by atoms with Gasteiger partial charge in [0.05, 0.1) is 11.7 Å². The second kappa shape index (κ2) is 12.5. The zero-order valence-electron chi connectivity index (χ0n) is 23.9. The Morgan fingerprint density at radius 1 is 1.08 bits per heavy atom. The predicted octanol–water partition coefficient (Wildman–Crippen LogP) is 3.70. The number of piperazine rings is 1. The molecule has 37 heavy (non-hydrogen) atoms. The number of piperidine rings is 2. The smallest absolute Gasteiger partial charge is 0.246 e. The number of halogens is 1. The summed E-state index contributed by atoms with van der Waals surface area (Å²) in [5.74, 6) is 0.548. The fourth-order valence-corrected chi connectivity index (χ4v) is 6.47. The molecule has 9 heteroatoms. The molecule has 2 amide bonds. The molecule has 3 aliphatic heterocycles. The molecule has 4 heterocycles. The van der Waals surface area contributed by atoms with Crippen LogP contribution in [0.1, 0.15) is 88.7 Å². The van der Waals surface area contributed by atoms with E-state index in [-0.39, 0.29) is 30.3 Å². The minimum atomic E-state index is -0.696. The van der Waals surface area contributed by atoms with Crippen molar-refractivity contribution in [1.82, 2.24) is 29.8 Å². The normalized spacial score (nSPS) is 23.5. The number of amides is 2. The summed E-state index contributed by atoms with van der Waals surface area (Å²) in [6.07, 6.45) is 6.36. The van der Waals surface area contributed by atoms with E-state index in [2.05, 4.69) is 61.5 Å². The van der Waals surface area contributed by atoms with E-state index in [1.165, 1.54) is 11.3 Å². The lowest BCUT2D eigenvalue weighted by Gasteiger charge is -2.52. The van der Waals surface area contributed by atoms with Gasteiger partial charge in [0.1, 0.15) is 11.6 Å². The molecule has 4 rings (SSSR count). The Bertz CT molecular complexity index is 931. The molecule has 210 valence electrons. The Morgan fingerprint density at radius 2 is 1.73 bits per heavy atom. The van der Waals surface area contributed by atoms with Crippen molar-refractivity contribution in [2.75, 3.05) is 39.8 Å². The molecular weight excluding hydrogens is 488 g/mol. The number of aryl methyl sites for hydroxylation is 1. The monoisotopic (exact) mass is 536 g/mol. The number of hydrogen-bond acceptors (Lipinski definition) is 5. The number of rotatable bonds is 8. The quantitative estimate of drug-likeness (QED) is 0.548. The molecule has 0 bridgehead atoms. The first-order valence-corrected chi connectivity index (χ1v) is 14.2. The Balaban J connectivity index is 0.00000380. The van der Waals surface area contributed by atoms with Crippen molar-refractivity contribution >= 4 is 24.2 Å². The van der Waals surface area contributed by atoms with Gasteiger partial charge in [-0.1, -0.05) is 27.2 Å². The van der Waals surface area contributed by atoms with E-state index < -0.39 is 5.54 Å². The van der Waals surface area contributed by atoms with Crippen molar-refractivity contribution < 1.29 is 9.59 Å². The largest absolute Gasteiger partial charge is 0.342 e. The van der Waals surface area contributed by atoms with Crippen LogP contribution in [-0.4, -0.2) is 87.6 Å². The van der Waals surface area contributed by atoms with Crippen molar-refractivity contribution in [3.8, 4) is 0 Å². The highest BCUT2D eigenvalue weighted by atomic mass is 35.5. The molecule has 0 aromatic carbocycles. The maximum absolute atomic E-state index is 13.5. The van der Waals surface area contributed by atoms with Gasteiger partial charge >= 0.3 is 0 Å². The first-order chi connectivity index (χ1) is 17.2. The molecule has 1 atom stereocenters. The lowest BCUT2D eigenvalue weighted by atomic mass is 9.80. The van der Waals surface area contributed by atoms with Gasteiger partial charge < -0.3 is 15.1 Å². The van der Waals surface area contributed by atoms with Crippen LogP contribution in [0, 0.1) is 19.8 Å². The molecule has 1 spiro atoms. The molecule has 3 fully saturated rings. The second-order valence-electron chi connectivity index (χ2n) is 11.9. The lowest BCUT2D eigenvalue weighted by molar-refractivity contribution is -0.161. The van der Waals surface area contributed by atoms with Crippen LogP contribution in [-0.2, 0) is 16.1 Å².